The Morgan fingerprint density at radius 2 is 1.75 bits per heavy atom. The Balaban J connectivity index is 1.96. The molecule has 1 fully saturated rings. The summed E-state index contributed by atoms with van der Waals surface area (Å²) in [6.07, 6.45) is 0. The van der Waals surface area contributed by atoms with Crippen LogP contribution in [0.15, 0.2) is 54.6 Å². The van der Waals surface area contributed by atoms with Crippen molar-refractivity contribution in [2.24, 2.45) is 5.92 Å². The number of hydrogen-bond donors (Lipinski definition) is 0. The molecule has 2 aromatic carbocycles. The number of esters is 1. The highest BCUT2D eigenvalue weighted by atomic mass is 16.5. The topological polar surface area (TPSA) is 55.8 Å². The monoisotopic (exact) mass is 325 g/mol. The van der Waals surface area contributed by atoms with Crippen LogP contribution < -0.4 is 9.64 Å². The molecule has 2 atom stereocenters. The largest absolute Gasteiger partial charge is 0.497 e. The minimum atomic E-state index is -0.807. The Bertz CT molecular complexity index is 727. The fraction of sp³-hybridized carbons (Fsp3) is 0.263. The van der Waals surface area contributed by atoms with Gasteiger partial charge in [-0.15, -0.1) is 0 Å². The number of carbonyl (C=O) groups is 2. The second-order valence-corrected chi connectivity index (χ2v) is 5.49. The van der Waals surface area contributed by atoms with Gasteiger partial charge in [-0.1, -0.05) is 30.3 Å². The first-order valence-corrected chi connectivity index (χ1v) is 7.86. The van der Waals surface area contributed by atoms with Gasteiger partial charge in [0.2, 0.25) is 5.91 Å². The predicted molar refractivity (Wildman–Crippen MR) is 89.8 cm³/mol. The molecule has 24 heavy (non-hydrogen) atoms. The van der Waals surface area contributed by atoms with Gasteiger partial charge in [0.05, 0.1) is 19.8 Å². The molecule has 1 saturated heterocycles. The van der Waals surface area contributed by atoms with Gasteiger partial charge in [0.25, 0.3) is 0 Å². The van der Waals surface area contributed by atoms with Crippen LogP contribution in [0.4, 0.5) is 5.69 Å². The van der Waals surface area contributed by atoms with Crippen molar-refractivity contribution in [3.63, 3.8) is 0 Å². The van der Waals surface area contributed by atoms with Gasteiger partial charge >= 0.3 is 5.97 Å². The molecular formula is C19H19NO4. The lowest BCUT2D eigenvalue weighted by molar-refractivity contribution is -0.157. The van der Waals surface area contributed by atoms with Crippen LogP contribution in [-0.2, 0) is 14.3 Å². The lowest BCUT2D eigenvalue weighted by atomic mass is 9.81. The normalized spacial score (nSPS) is 19.6. The van der Waals surface area contributed by atoms with Crippen molar-refractivity contribution < 1.29 is 19.1 Å². The van der Waals surface area contributed by atoms with Crippen LogP contribution in [-0.4, -0.2) is 25.6 Å². The summed E-state index contributed by atoms with van der Waals surface area (Å²) in [6, 6.07) is 16.4. The lowest BCUT2D eigenvalue weighted by Crippen LogP contribution is -2.58. The summed E-state index contributed by atoms with van der Waals surface area (Å²) in [6.45, 7) is 1.99. The first kappa shape index (κ1) is 16.1. The number of β-lactam (4-membered cyclic amide) rings is 1. The first-order valence-electron chi connectivity index (χ1n) is 7.86. The van der Waals surface area contributed by atoms with E-state index in [1.54, 1.807) is 18.9 Å². The van der Waals surface area contributed by atoms with Crippen LogP contribution in [0.5, 0.6) is 5.75 Å². The Kier molecular flexibility index (Phi) is 4.51. The van der Waals surface area contributed by atoms with Crippen LogP contribution in [0, 0.1) is 5.92 Å². The highest BCUT2D eigenvalue weighted by molar-refractivity contribution is 6.14. The zero-order valence-corrected chi connectivity index (χ0v) is 13.6. The van der Waals surface area contributed by atoms with Crippen LogP contribution in [0.25, 0.3) is 0 Å². The SMILES string of the molecule is CCOC(=O)[C@H]1C(=O)N(c2ccccc2)[C@@H]1c1ccc(OC)cc1. The quantitative estimate of drug-likeness (QED) is 0.482. The number of hydrogen-bond acceptors (Lipinski definition) is 4. The van der Waals surface area contributed by atoms with E-state index >= 15 is 0 Å². The number of anilines is 1. The zero-order valence-electron chi connectivity index (χ0n) is 13.6. The average Bonchev–Trinajstić information content (AvgIpc) is 2.61. The van der Waals surface area contributed by atoms with Crippen molar-refractivity contribution in [2.45, 2.75) is 13.0 Å². The van der Waals surface area contributed by atoms with Gasteiger partial charge in [0.15, 0.2) is 5.92 Å². The number of methoxy groups -OCH3 is 1. The Morgan fingerprint density at radius 3 is 2.33 bits per heavy atom. The number of nitrogens with zero attached hydrogens (tertiary/aromatic N) is 1. The van der Waals surface area contributed by atoms with Crippen LogP contribution in [0.3, 0.4) is 0 Å². The molecule has 0 aliphatic carbocycles. The molecule has 1 aliphatic heterocycles. The standard InChI is InChI=1S/C19H19NO4/c1-3-24-19(22)16-17(13-9-11-15(23-2)12-10-13)20(18(16)21)14-7-5-4-6-8-14/h4-12,16-17H,3H2,1-2H3/t16-,17-/m1/s1. The van der Waals surface area contributed by atoms with Crippen molar-refractivity contribution >= 4 is 17.6 Å². The van der Waals surface area contributed by atoms with E-state index in [2.05, 4.69) is 0 Å². The number of ether oxygens (including phenoxy) is 2. The molecule has 5 nitrogen and oxygen atoms in total. The summed E-state index contributed by atoms with van der Waals surface area (Å²) in [4.78, 5) is 26.5. The highest BCUT2D eigenvalue weighted by Crippen LogP contribution is 2.44. The molecular weight excluding hydrogens is 306 g/mol. The first-order chi connectivity index (χ1) is 11.7. The molecule has 0 saturated carbocycles. The molecule has 0 N–H and O–H groups in total. The molecule has 0 bridgehead atoms. The van der Waals surface area contributed by atoms with Crippen LogP contribution in [0.2, 0.25) is 0 Å². The second kappa shape index (κ2) is 6.74. The van der Waals surface area contributed by atoms with E-state index in [0.29, 0.717) is 0 Å². The van der Waals surface area contributed by atoms with E-state index < -0.39 is 11.9 Å². The number of carbonyl (C=O) groups excluding carboxylic acids is 2. The van der Waals surface area contributed by atoms with E-state index in [9.17, 15) is 9.59 Å². The highest BCUT2D eigenvalue weighted by Gasteiger charge is 2.53. The van der Waals surface area contributed by atoms with Crippen molar-refractivity contribution in [2.75, 3.05) is 18.6 Å². The molecule has 0 spiro atoms. The van der Waals surface area contributed by atoms with Crippen molar-refractivity contribution in [1.82, 2.24) is 0 Å². The van der Waals surface area contributed by atoms with Gasteiger partial charge in [-0.05, 0) is 36.8 Å². The third-order valence-electron chi connectivity index (χ3n) is 4.13. The zero-order chi connectivity index (χ0) is 17.1. The van der Waals surface area contributed by atoms with Gasteiger partial charge in [-0.3, -0.25) is 9.59 Å². The van der Waals surface area contributed by atoms with Gasteiger partial charge in [0, 0.05) is 5.69 Å². The second-order valence-electron chi connectivity index (χ2n) is 5.49. The summed E-state index contributed by atoms with van der Waals surface area (Å²) < 4.78 is 10.3. The predicted octanol–water partition coefficient (Wildman–Crippen LogP) is 2.96. The minimum Gasteiger partial charge on any atom is -0.497 e. The molecule has 0 aromatic heterocycles. The molecule has 5 heteroatoms. The fourth-order valence-electron chi connectivity index (χ4n) is 2.97. The molecule has 0 unspecified atom stereocenters. The number of amides is 1. The van der Waals surface area contributed by atoms with E-state index in [-0.39, 0.29) is 18.6 Å². The summed E-state index contributed by atoms with van der Waals surface area (Å²) >= 11 is 0. The van der Waals surface area contributed by atoms with E-state index in [4.69, 9.17) is 9.47 Å². The fourth-order valence-corrected chi connectivity index (χ4v) is 2.97. The maximum absolute atomic E-state index is 12.6. The number of para-hydroxylation sites is 1. The third-order valence-corrected chi connectivity index (χ3v) is 4.13. The minimum absolute atomic E-state index is 0.236. The summed E-state index contributed by atoms with van der Waals surface area (Å²) in [5, 5.41) is 0. The summed E-state index contributed by atoms with van der Waals surface area (Å²) in [5.41, 5.74) is 1.64. The van der Waals surface area contributed by atoms with E-state index in [0.717, 1.165) is 17.0 Å². The Morgan fingerprint density at radius 1 is 1.08 bits per heavy atom. The number of benzene rings is 2. The van der Waals surface area contributed by atoms with Gasteiger partial charge < -0.3 is 14.4 Å². The maximum Gasteiger partial charge on any atom is 0.321 e. The molecule has 2 aromatic rings. The van der Waals surface area contributed by atoms with Crippen molar-refractivity contribution in [3.05, 3.63) is 60.2 Å². The van der Waals surface area contributed by atoms with E-state index in [1.165, 1.54) is 0 Å². The molecule has 1 heterocycles. The Labute approximate surface area is 140 Å². The molecule has 0 radical (unpaired) electrons. The molecule has 3 rings (SSSR count). The molecule has 1 aliphatic rings. The van der Waals surface area contributed by atoms with E-state index in [1.807, 2.05) is 54.6 Å². The molecule has 1 amide bonds. The number of rotatable bonds is 5. The van der Waals surface area contributed by atoms with Gasteiger partial charge in [-0.2, -0.15) is 0 Å². The van der Waals surface area contributed by atoms with Crippen LogP contribution in [0.1, 0.15) is 18.5 Å². The van der Waals surface area contributed by atoms with Gasteiger partial charge in [-0.25, -0.2) is 0 Å². The lowest BCUT2D eigenvalue weighted by Gasteiger charge is -2.45. The van der Waals surface area contributed by atoms with Crippen molar-refractivity contribution in [1.29, 1.82) is 0 Å². The smallest absolute Gasteiger partial charge is 0.321 e. The summed E-state index contributed by atoms with van der Waals surface area (Å²) in [5.74, 6) is -0.794. The third kappa shape index (κ3) is 2.73. The average molecular weight is 325 g/mol. The summed E-state index contributed by atoms with van der Waals surface area (Å²) in [7, 11) is 1.60. The van der Waals surface area contributed by atoms with Crippen LogP contribution >= 0.6 is 0 Å². The van der Waals surface area contributed by atoms with Gasteiger partial charge in [0.1, 0.15) is 5.75 Å². The maximum atomic E-state index is 12.6. The Hall–Kier alpha value is -2.82. The molecule has 124 valence electrons. The van der Waals surface area contributed by atoms with Crippen molar-refractivity contribution in [3.8, 4) is 5.75 Å².